The number of ether oxygens (including phenoxy) is 2. The van der Waals surface area contributed by atoms with Crippen LogP contribution in [0.25, 0.3) is 0 Å². The molecule has 16 nitrogen and oxygen atoms in total. The largest absolute Gasteiger partial charge is 0.490 e. The average Bonchev–Trinajstić information content (AvgIpc) is 1.48. The fourth-order valence-corrected chi connectivity index (χ4v) is 20.5. The molecule has 4 aromatic rings. The molecule has 20 heteroatoms. The second kappa shape index (κ2) is 24.6. The Labute approximate surface area is 544 Å². The highest BCUT2D eigenvalue weighted by atomic mass is 35.5. The third-order valence-corrected chi connectivity index (χ3v) is 27.8. The number of aliphatic hydroxyl groups is 2. The molecule has 4 N–H and O–H groups in total. The molecule has 4 aromatic carbocycles. The summed E-state index contributed by atoms with van der Waals surface area (Å²) in [5.41, 5.74) is 3.83. The molecule has 4 heterocycles. The maximum atomic E-state index is 15.0. The summed E-state index contributed by atoms with van der Waals surface area (Å²) in [6, 6.07) is 20.4. The standard InChI is InChI=1S/C70H94Cl2N6O10S2/c1-42-26-55(75(7)8)33-67(5,81)57-19-15-50(57)37-78-39-70(25-11-13-47-30-54(72)18-22-60(47)70)41-88-64-52(28-51(32-62(64)78)66(80)74-90(85,86)44(42)3)35-76(9)56-27-43(2)45(4)89(83,84)73-65(79)48-16-23-63-61(31-48)77(36-49-14-20-58(49)68(6,82)34-56)38-69(40-87-63)24-10-12-46-29-53(71)17-21-59(46)69/h16-18,21-23,28-32,42-45,49-50,55-58,81-82H,10-15,19-20,24-27,33-41H2,1-9H3,(H,73,79)(H,74,80)/t42-,43-,44+,45+,49-,50-,55-,56+,57+,58+,67-,68+,69-,70-/m0/s1. The Balaban J connectivity index is 0.937. The van der Waals surface area contributed by atoms with Gasteiger partial charge in [-0.1, -0.05) is 49.2 Å². The maximum absolute atomic E-state index is 15.0. The van der Waals surface area contributed by atoms with E-state index in [0.29, 0.717) is 97.1 Å². The number of carbonyl (C=O) groups is 2. The SMILES string of the molecule is C[C@@H]1[C@@H](C)C[C@H](N(C)C)C[C@](C)(O)[C@@H]2CC[C@H]2CN2C[C@@]3(CCCc4cc(Cl)ccc43)COc3c(CN(C)[C@@H]4C[C@H](C)[C@@H](C)S(=O)(=O)NC(=O)c5ccc6c(c5)N(C[C@@H]5CC[C@H]5[C@](C)(O)C4)C[C@@]4(CCCc5cc(Cl)ccc54)CO6)cc(cc32)C(=O)NS1(=O)=O. The minimum Gasteiger partial charge on any atom is -0.490 e. The van der Waals surface area contributed by atoms with Crippen LogP contribution in [-0.4, -0.2) is 143 Å². The maximum Gasteiger partial charge on any atom is 0.264 e. The third-order valence-electron chi connectivity index (χ3n) is 23.5. The highest BCUT2D eigenvalue weighted by molar-refractivity contribution is 7.91. The lowest BCUT2D eigenvalue weighted by atomic mass is 9.63. The predicted octanol–water partition coefficient (Wildman–Crippen LogP) is 10.7. The van der Waals surface area contributed by atoms with Gasteiger partial charge in [0.15, 0.2) is 0 Å². The lowest BCUT2D eigenvalue weighted by Gasteiger charge is -2.50. The van der Waals surface area contributed by atoms with Crippen LogP contribution in [0.15, 0.2) is 66.7 Å². The monoisotopic (exact) mass is 1310 g/mol. The summed E-state index contributed by atoms with van der Waals surface area (Å²) in [5, 5.41) is 25.3. The molecule has 2 fully saturated rings. The Morgan fingerprint density at radius 2 is 1.11 bits per heavy atom. The van der Waals surface area contributed by atoms with Crippen LogP contribution in [0.4, 0.5) is 11.4 Å². The van der Waals surface area contributed by atoms with Crippen molar-refractivity contribution in [1.29, 1.82) is 0 Å². The number of halogens is 2. The van der Waals surface area contributed by atoms with E-state index in [2.05, 4.69) is 53.3 Å². The third kappa shape index (κ3) is 12.5. The van der Waals surface area contributed by atoms with Gasteiger partial charge in [-0.05, 0) is 251 Å². The normalized spacial score (nSPS) is 35.2. The zero-order chi connectivity index (χ0) is 64.2. The van der Waals surface area contributed by atoms with Crippen molar-refractivity contribution in [3.05, 3.63) is 116 Å². The van der Waals surface area contributed by atoms with Gasteiger partial charge in [-0.15, -0.1) is 0 Å². The molecule has 14 atom stereocenters. The summed E-state index contributed by atoms with van der Waals surface area (Å²) in [5.74, 6) is -1.29. The summed E-state index contributed by atoms with van der Waals surface area (Å²) < 4.78 is 77.4. The summed E-state index contributed by atoms with van der Waals surface area (Å²) in [4.78, 5) is 38.3. The summed E-state index contributed by atoms with van der Waals surface area (Å²) in [7, 11) is -2.62. The first-order chi connectivity index (χ1) is 42.4. The van der Waals surface area contributed by atoms with E-state index in [1.807, 2.05) is 61.0 Å². The average molecular weight is 1310 g/mol. The highest BCUT2D eigenvalue weighted by Gasteiger charge is 2.52. The lowest BCUT2D eigenvalue weighted by Crippen LogP contribution is -2.54. The molecule has 12 rings (SSSR count). The first-order valence-corrected chi connectivity index (χ1v) is 36.9. The fraction of sp³-hybridized carbons (Fsp3) is 0.629. The number of fused-ring (bicyclic) bond motifs is 8. The van der Waals surface area contributed by atoms with Crippen LogP contribution < -0.4 is 28.7 Å². The topological polar surface area (TPSA) is 198 Å². The molecule has 0 aromatic heterocycles. The van der Waals surface area contributed by atoms with Gasteiger partial charge in [0, 0.05) is 82.4 Å². The van der Waals surface area contributed by atoms with Crippen LogP contribution in [0.1, 0.15) is 167 Å². The minimum absolute atomic E-state index is 0.0485. The molecule has 4 aliphatic carbocycles. The number of aryl methyl sites for hydroxylation is 2. The van der Waals surface area contributed by atoms with Crippen molar-refractivity contribution < 1.29 is 46.1 Å². The van der Waals surface area contributed by atoms with Gasteiger partial charge in [-0.2, -0.15) is 0 Å². The van der Waals surface area contributed by atoms with Crippen molar-refractivity contribution in [3.63, 3.8) is 0 Å². The molecule has 90 heavy (non-hydrogen) atoms. The quantitative estimate of drug-likeness (QED) is 0.150. The molecule has 0 radical (unpaired) electrons. The van der Waals surface area contributed by atoms with Crippen LogP contribution >= 0.6 is 23.2 Å². The minimum atomic E-state index is -4.29. The number of sulfonamides is 2. The Kier molecular flexibility index (Phi) is 17.9. The number of nitrogens with one attached hydrogen (secondary N) is 2. The molecule has 2 amide bonds. The van der Waals surface area contributed by atoms with Crippen molar-refractivity contribution in [2.24, 2.45) is 35.5 Å². The van der Waals surface area contributed by atoms with E-state index in [0.717, 1.165) is 69.8 Å². The van der Waals surface area contributed by atoms with E-state index in [-0.39, 0.29) is 59.7 Å². The van der Waals surface area contributed by atoms with E-state index in [1.165, 1.54) is 16.7 Å². The first-order valence-electron chi connectivity index (χ1n) is 33.0. The number of anilines is 2. The van der Waals surface area contributed by atoms with Crippen LogP contribution in [0.5, 0.6) is 11.5 Å². The van der Waals surface area contributed by atoms with Gasteiger partial charge in [-0.3, -0.25) is 14.5 Å². The number of hydrogen-bond donors (Lipinski definition) is 4. The van der Waals surface area contributed by atoms with Crippen LogP contribution in [0.2, 0.25) is 10.0 Å². The van der Waals surface area contributed by atoms with Crippen molar-refractivity contribution in [2.75, 3.05) is 70.3 Å². The number of nitrogens with zero attached hydrogens (tertiary/aromatic N) is 4. The number of benzene rings is 4. The summed E-state index contributed by atoms with van der Waals surface area (Å²) >= 11 is 13.3. The lowest BCUT2D eigenvalue weighted by molar-refractivity contribution is -0.0876. The van der Waals surface area contributed by atoms with Crippen molar-refractivity contribution in [3.8, 4) is 11.5 Å². The number of rotatable bonds is 4. The molecule has 4 bridgehead atoms. The molecule has 4 aliphatic heterocycles. The number of carbonyl (C=O) groups excluding carboxylic acids is 2. The zero-order valence-electron chi connectivity index (χ0n) is 54.0. The molecule has 490 valence electrons. The first kappa shape index (κ1) is 65.4. The zero-order valence-corrected chi connectivity index (χ0v) is 57.1. The van der Waals surface area contributed by atoms with Crippen LogP contribution in [0, 0.1) is 35.5 Å². The Bertz CT molecular complexity index is 3660. The molecule has 2 spiro atoms. The molecule has 0 unspecified atom stereocenters. The molecule has 8 aliphatic rings. The van der Waals surface area contributed by atoms with E-state index in [9.17, 15) is 31.8 Å². The Morgan fingerprint density at radius 1 is 0.622 bits per heavy atom. The van der Waals surface area contributed by atoms with Gasteiger partial charge >= 0.3 is 0 Å². The second-order valence-electron chi connectivity index (χ2n) is 29.9. The van der Waals surface area contributed by atoms with Gasteiger partial charge in [-0.25, -0.2) is 26.3 Å². The molecule has 0 saturated heterocycles. The van der Waals surface area contributed by atoms with Crippen molar-refractivity contribution in [2.45, 2.75) is 183 Å². The van der Waals surface area contributed by atoms with Gasteiger partial charge in [0.1, 0.15) is 11.5 Å². The molecular weight excluding hydrogens is 1220 g/mol. The van der Waals surface area contributed by atoms with Crippen molar-refractivity contribution in [1.82, 2.24) is 19.2 Å². The van der Waals surface area contributed by atoms with Gasteiger partial charge in [0.2, 0.25) is 20.0 Å². The van der Waals surface area contributed by atoms with Crippen LogP contribution in [-0.2, 0) is 50.3 Å². The predicted molar refractivity (Wildman–Crippen MR) is 355 cm³/mol. The van der Waals surface area contributed by atoms with Gasteiger partial charge in [0.05, 0.1) is 46.3 Å². The summed E-state index contributed by atoms with van der Waals surface area (Å²) in [6.45, 7) is 14.0. The second-order valence-corrected chi connectivity index (χ2v) is 34.8. The summed E-state index contributed by atoms with van der Waals surface area (Å²) in [6.07, 6.45) is 10.2. The van der Waals surface area contributed by atoms with Gasteiger partial charge in [0.25, 0.3) is 11.8 Å². The fourth-order valence-electron chi connectivity index (χ4n) is 17.5. The Morgan fingerprint density at radius 3 is 1.63 bits per heavy atom. The smallest absolute Gasteiger partial charge is 0.264 e. The molecule has 2 saturated carbocycles. The van der Waals surface area contributed by atoms with E-state index in [4.69, 9.17) is 32.7 Å². The van der Waals surface area contributed by atoms with Gasteiger partial charge < -0.3 is 34.4 Å². The number of amides is 2. The van der Waals surface area contributed by atoms with E-state index < -0.39 is 76.4 Å². The van der Waals surface area contributed by atoms with E-state index >= 15 is 4.79 Å². The van der Waals surface area contributed by atoms with E-state index in [1.54, 1.807) is 44.2 Å². The number of hydrogen-bond acceptors (Lipinski definition) is 14. The van der Waals surface area contributed by atoms with Crippen LogP contribution in [0.3, 0.4) is 0 Å². The molecular formula is C70H94Cl2N6O10S2. The van der Waals surface area contributed by atoms with Crippen molar-refractivity contribution >= 4 is 66.4 Å². The highest BCUT2D eigenvalue weighted by Crippen LogP contribution is 2.53. The Hall–Kier alpha value is -4.66.